The molecule has 1 heterocycles. The fourth-order valence-electron chi connectivity index (χ4n) is 4.01. The molecular weight excluding hydrogens is 404 g/mol. The summed E-state index contributed by atoms with van der Waals surface area (Å²) in [6, 6.07) is 19.4. The first-order valence-electron chi connectivity index (χ1n) is 10.4. The summed E-state index contributed by atoms with van der Waals surface area (Å²) in [5.41, 5.74) is 12.3. The van der Waals surface area contributed by atoms with Gasteiger partial charge in [0.25, 0.3) is 0 Å². The van der Waals surface area contributed by atoms with Gasteiger partial charge in [0.1, 0.15) is 17.9 Å². The number of anilines is 1. The maximum absolute atomic E-state index is 11.2. The number of nitrogens with zero attached hydrogens (tertiary/aromatic N) is 1. The molecule has 4 aromatic rings. The van der Waals surface area contributed by atoms with E-state index in [9.17, 15) is 9.90 Å². The monoisotopic (exact) mass is 430 g/mol. The van der Waals surface area contributed by atoms with Crippen LogP contribution in [-0.4, -0.2) is 25.2 Å². The number of ether oxygens (including phenoxy) is 1. The number of para-hydroxylation sites is 1. The van der Waals surface area contributed by atoms with E-state index in [0.717, 1.165) is 38.9 Å². The fraction of sp³-hybridized carbons (Fsp3) is 0.192. The molecule has 164 valence electrons. The molecule has 0 radical (unpaired) electrons. The zero-order valence-electron chi connectivity index (χ0n) is 18.2. The Labute approximate surface area is 186 Å². The van der Waals surface area contributed by atoms with Crippen molar-refractivity contribution in [1.82, 2.24) is 0 Å². The van der Waals surface area contributed by atoms with Crippen LogP contribution in [0.3, 0.4) is 0 Å². The van der Waals surface area contributed by atoms with E-state index in [0.29, 0.717) is 17.9 Å². The normalized spacial score (nSPS) is 11.0. The summed E-state index contributed by atoms with van der Waals surface area (Å²) in [6.45, 7) is 0.746. The predicted octanol–water partition coefficient (Wildman–Crippen LogP) is 4.83. The quantitative estimate of drug-likeness (QED) is 0.416. The van der Waals surface area contributed by atoms with Crippen molar-refractivity contribution < 1.29 is 19.1 Å². The van der Waals surface area contributed by atoms with Gasteiger partial charge in [0.2, 0.25) is 0 Å². The third-order valence-electron chi connectivity index (χ3n) is 5.41. The number of fused-ring (bicyclic) bond motifs is 1. The maximum Gasteiger partial charge on any atom is 0.307 e. The standard InChI is InChI=1S/C26H26N2O4/c1-28(2)25-20(16-32-23-9-4-3-7-19(23)14-24(29)30)13-22(26-21(25)10-11-31-26)18-8-5-6-17(12-18)15-27/h3-13H,14-16,27H2,1-2H3,(H,29,30). The van der Waals surface area contributed by atoms with Crippen molar-refractivity contribution in [2.24, 2.45) is 5.73 Å². The molecule has 0 aliphatic carbocycles. The molecule has 6 nitrogen and oxygen atoms in total. The van der Waals surface area contributed by atoms with Gasteiger partial charge in [-0.1, -0.05) is 36.4 Å². The minimum Gasteiger partial charge on any atom is -0.489 e. The van der Waals surface area contributed by atoms with Gasteiger partial charge in [0.15, 0.2) is 0 Å². The summed E-state index contributed by atoms with van der Waals surface area (Å²) in [6.07, 6.45) is 1.61. The first-order valence-corrected chi connectivity index (χ1v) is 10.4. The van der Waals surface area contributed by atoms with Crippen molar-refractivity contribution in [3.8, 4) is 16.9 Å². The average molecular weight is 431 g/mol. The summed E-state index contributed by atoms with van der Waals surface area (Å²) >= 11 is 0. The Kier molecular flexibility index (Phi) is 6.14. The Hall–Kier alpha value is -3.77. The topological polar surface area (TPSA) is 88.9 Å². The lowest BCUT2D eigenvalue weighted by Crippen LogP contribution is -2.13. The van der Waals surface area contributed by atoms with Crippen LogP contribution in [0.1, 0.15) is 16.7 Å². The van der Waals surface area contributed by atoms with Crippen molar-refractivity contribution in [2.75, 3.05) is 19.0 Å². The molecule has 3 N–H and O–H groups in total. The Balaban J connectivity index is 1.79. The van der Waals surface area contributed by atoms with Crippen LogP contribution < -0.4 is 15.4 Å². The van der Waals surface area contributed by atoms with E-state index in [1.165, 1.54) is 0 Å². The number of hydrogen-bond donors (Lipinski definition) is 2. The number of rotatable bonds is 8. The smallest absolute Gasteiger partial charge is 0.307 e. The number of carboxylic acids is 1. The lowest BCUT2D eigenvalue weighted by atomic mass is 9.97. The molecule has 0 aliphatic heterocycles. The lowest BCUT2D eigenvalue weighted by Gasteiger charge is -2.21. The summed E-state index contributed by atoms with van der Waals surface area (Å²) in [5, 5.41) is 10.2. The molecule has 0 saturated carbocycles. The molecule has 0 bridgehead atoms. The molecule has 6 heteroatoms. The van der Waals surface area contributed by atoms with E-state index in [2.05, 4.69) is 12.1 Å². The highest BCUT2D eigenvalue weighted by Gasteiger charge is 2.18. The highest BCUT2D eigenvalue weighted by molar-refractivity contribution is 6.02. The van der Waals surface area contributed by atoms with Crippen LogP contribution in [0.25, 0.3) is 22.1 Å². The molecule has 1 aromatic heterocycles. The van der Waals surface area contributed by atoms with E-state index in [-0.39, 0.29) is 13.0 Å². The highest BCUT2D eigenvalue weighted by atomic mass is 16.5. The molecule has 0 spiro atoms. The number of carboxylic acid groups (broad SMARTS) is 1. The van der Waals surface area contributed by atoms with Crippen LogP contribution in [-0.2, 0) is 24.4 Å². The molecule has 0 unspecified atom stereocenters. The molecular formula is C26H26N2O4. The minimum absolute atomic E-state index is 0.0887. The van der Waals surface area contributed by atoms with Gasteiger partial charge in [-0.25, -0.2) is 0 Å². The largest absolute Gasteiger partial charge is 0.489 e. The average Bonchev–Trinajstić information content (AvgIpc) is 3.26. The van der Waals surface area contributed by atoms with E-state index in [1.54, 1.807) is 18.4 Å². The second-order valence-corrected chi connectivity index (χ2v) is 7.86. The number of furan rings is 1. The number of nitrogens with two attached hydrogens (primary N) is 1. The Morgan fingerprint density at radius 1 is 1.06 bits per heavy atom. The molecule has 4 rings (SSSR count). The van der Waals surface area contributed by atoms with Gasteiger partial charge < -0.3 is 24.9 Å². The zero-order chi connectivity index (χ0) is 22.7. The molecule has 3 aromatic carbocycles. The van der Waals surface area contributed by atoms with Crippen LogP contribution in [0, 0.1) is 0 Å². The third-order valence-corrected chi connectivity index (χ3v) is 5.41. The van der Waals surface area contributed by atoms with Crippen molar-refractivity contribution in [1.29, 1.82) is 0 Å². The van der Waals surface area contributed by atoms with Crippen molar-refractivity contribution >= 4 is 22.6 Å². The Bertz CT molecular complexity index is 1260. The molecule has 0 fully saturated rings. The zero-order valence-corrected chi connectivity index (χ0v) is 18.2. The lowest BCUT2D eigenvalue weighted by molar-refractivity contribution is -0.136. The first-order chi connectivity index (χ1) is 15.5. The second-order valence-electron chi connectivity index (χ2n) is 7.86. The van der Waals surface area contributed by atoms with E-state index in [1.807, 2.05) is 55.4 Å². The van der Waals surface area contributed by atoms with Gasteiger partial charge in [0, 0.05) is 42.7 Å². The molecule has 0 amide bonds. The fourth-order valence-corrected chi connectivity index (χ4v) is 4.01. The van der Waals surface area contributed by atoms with Crippen molar-refractivity contribution in [3.63, 3.8) is 0 Å². The number of aliphatic carboxylic acids is 1. The Morgan fingerprint density at radius 2 is 1.88 bits per heavy atom. The summed E-state index contributed by atoms with van der Waals surface area (Å²) in [7, 11) is 3.97. The Morgan fingerprint density at radius 3 is 2.62 bits per heavy atom. The molecule has 0 atom stereocenters. The maximum atomic E-state index is 11.2. The number of benzene rings is 3. The van der Waals surface area contributed by atoms with Gasteiger partial charge in [-0.2, -0.15) is 0 Å². The van der Waals surface area contributed by atoms with E-state index >= 15 is 0 Å². The summed E-state index contributed by atoms with van der Waals surface area (Å²) in [4.78, 5) is 13.3. The summed E-state index contributed by atoms with van der Waals surface area (Å²) in [5.74, 6) is -0.324. The van der Waals surface area contributed by atoms with Gasteiger partial charge in [-0.15, -0.1) is 0 Å². The molecule has 0 aliphatic rings. The third kappa shape index (κ3) is 4.31. The van der Waals surface area contributed by atoms with Crippen LogP contribution in [0.2, 0.25) is 0 Å². The second kappa shape index (κ2) is 9.16. The molecule has 32 heavy (non-hydrogen) atoms. The van der Waals surface area contributed by atoms with E-state index in [4.69, 9.17) is 14.9 Å². The SMILES string of the molecule is CN(C)c1c(COc2ccccc2CC(=O)O)cc(-c2cccc(CN)c2)c2occc12. The van der Waals surface area contributed by atoms with Gasteiger partial charge >= 0.3 is 5.97 Å². The van der Waals surface area contributed by atoms with Crippen LogP contribution in [0.5, 0.6) is 5.75 Å². The van der Waals surface area contributed by atoms with Crippen LogP contribution in [0.4, 0.5) is 5.69 Å². The number of hydrogen-bond acceptors (Lipinski definition) is 5. The van der Waals surface area contributed by atoms with E-state index < -0.39 is 5.97 Å². The van der Waals surface area contributed by atoms with Gasteiger partial charge in [-0.3, -0.25) is 4.79 Å². The van der Waals surface area contributed by atoms with Crippen molar-refractivity contribution in [2.45, 2.75) is 19.6 Å². The van der Waals surface area contributed by atoms with Crippen LogP contribution in [0.15, 0.2) is 71.3 Å². The van der Waals surface area contributed by atoms with Gasteiger partial charge in [0.05, 0.1) is 18.4 Å². The van der Waals surface area contributed by atoms with Gasteiger partial charge in [-0.05, 0) is 35.4 Å². The molecule has 0 saturated heterocycles. The highest BCUT2D eigenvalue weighted by Crippen LogP contribution is 2.39. The number of carbonyl (C=O) groups is 1. The minimum atomic E-state index is -0.892. The predicted molar refractivity (Wildman–Crippen MR) is 126 cm³/mol. The van der Waals surface area contributed by atoms with Crippen LogP contribution >= 0.6 is 0 Å². The summed E-state index contributed by atoms with van der Waals surface area (Å²) < 4.78 is 12.0. The van der Waals surface area contributed by atoms with Crippen molar-refractivity contribution in [3.05, 3.63) is 83.6 Å². The first kappa shape index (κ1) is 21.5.